The first-order valence-electron chi connectivity index (χ1n) is 12.0. The number of carbonyl (C=O) groups excluding carboxylic acids is 1. The number of halogens is 2. The first kappa shape index (κ1) is 26.2. The second-order valence-electron chi connectivity index (χ2n) is 8.99. The third-order valence-electron chi connectivity index (χ3n) is 6.44. The highest BCUT2D eigenvalue weighted by atomic mass is 35.5. The highest BCUT2D eigenvalue weighted by molar-refractivity contribution is 6.33. The van der Waals surface area contributed by atoms with E-state index < -0.39 is 11.9 Å². The van der Waals surface area contributed by atoms with Crippen LogP contribution in [0.1, 0.15) is 40.9 Å². The predicted octanol–water partition coefficient (Wildman–Crippen LogP) is 5.48. The number of benzene rings is 2. The summed E-state index contributed by atoms with van der Waals surface area (Å²) in [5.74, 6) is -1.62. The lowest BCUT2D eigenvalue weighted by Gasteiger charge is -2.17. The number of hydrogen-bond acceptors (Lipinski definition) is 4. The van der Waals surface area contributed by atoms with E-state index in [1.807, 2.05) is 49.5 Å². The Hall–Kier alpha value is -2.87. The second-order valence-corrected chi connectivity index (χ2v) is 9.83. The molecule has 1 aliphatic heterocycles. The van der Waals surface area contributed by atoms with Crippen LogP contribution in [0.5, 0.6) is 0 Å². The fourth-order valence-corrected chi connectivity index (χ4v) is 4.97. The number of carbonyl (C=O) groups is 2. The topological polar surface area (TPSA) is 84.7 Å². The Labute approximate surface area is 220 Å². The zero-order chi connectivity index (χ0) is 25.7. The van der Waals surface area contributed by atoms with Gasteiger partial charge in [0.2, 0.25) is 0 Å². The molecule has 9 heteroatoms. The van der Waals surface area contributed by atoms with E-state index in [1.54, 1.807) is 15.6 Å². The van der Waals surface area contributed by atoms with E-state index in [2.05, 4.69) is 5.10 Å². The number of aromatic nitrogens is 2. The molecule has 1 aromatic heterocycles. The maximum absolute atomic E-state index is 13.7. The minimum absolute atomic E-state index is 0.196. The Morgan fingerprint density at radius 3 is 2.67 bits per heavy atom. The van der Waals surface area contributed by atoms with Gasteiger partial charge in [-0.25, -0.2) is 0 Å². The van der Waals surface area contributed by atoms with Gasteiger partial charge in [0.1, 0.15) is 5.69 Å². The first-order valence-corrected chi connectivity index (χ1v) is 12.8. The lowest BCUT2D eigenvalue weighted by Crippen LogP contribution is -2.31. The third-order valence-corrected chi connectivity index (χ3v) is 7.01. The van der Waals surface area contributed by atoms with Crippen LogP contribution < -0.4 is 0 Å². The van der Waals surface area contributed by atoms with Crippen molar-refractivity contribution >= 4 is 35.1 Å². The largest absolute Gasteiger partial charge is 0.481 e. The Balaban J connectivity index is 1.48. The summed E-state index contributed by atoms with van der Waals surface area (Å²) >= 11 is 12.5. The summed E-state index contributed by atoms with van der Waals surface area (Å²) in [5, 5.41) is 15.3. The van der Waals surface area contributed by atoms with Gasteiger partial charge in [-0.05, 0) is 49.4 Å². The fourth-order valence-electron chi connectivity index (χ4n) is 4.53. The highest BCUT2D eigenvalue weighted by Crippen LogP contribution is 2.33. The van der Waals surface area contributed by atoms with Crippen LogP contribution >= 0.6 is 23.2 Å². The van der Waals surface area contributed by atoms with Crippen molar-refractivity contribution in [3.05, 3.63) is 75.4 Å². The van der Waals surface area contributed by atoms with Crippen molar-refractivity contribution in [1.29, 1.82) is 0 Å². The van der Waals surface area contributed by atoms with Crippen LogP contribution in [-0.4, -0.2) is 51.4 Å². The third kappa shape index (κ3) is 6.09. The number of likely N-dealkylation sites (tertiary alicyclic amines) is 1. The molecule has 1 aliphatic rings. The van der Waals surface area contributed by atoms with Gasteiger partial charge >= 0.3 is 5.97 Å². The summed E-state index contributed by atoms with van der Waals surface area (Å²) in [6, 6.07) is 14.9. The summed E-state index contributed by atoms with van der Waals surface area (Å²) in [5.41, 5.74) is 3.54. The molecule has 1 fully saturated rings. The number of carboxylic acid groups (broad SMARTS) is 1. The van der Waals surface area contributed by atoms with E-state index in [1.165, 1.54) is 0 Å². The van der Waals surface area contributed by atoms with Crippen molar-refractivity contribution in [3.8, 4) is 11.3 Å². The number of carboxylic acids is 1. The number of rotatable bonds is 10. The maximum Gasteiger partial charge on any atom is 0.308 e. The molecule has 2 aromatic carbocycles. The molecule has 36 heavy (non-hydrogen) atoms. The summed E-state index contributed by atoms with van der Waals surface area (Å²) < 4.78 is 7.54. The number of aliphatic carboxylic acids is 1. The lowest BCUT2D eigenvalue weighted by atomic mass is 10.0. The molecule has 0 radical (unpaired) electrons. The minimum Gasteiger partial charge on any atom is -0.481 e. The van der Waals surface area contributed by atoms with Gasteiger partial charge in [0, 0.05) is 37.3 Å². The Morgan fingerprint density at radius 1 is 1.14 bits per heavy atom. The molecule has 0 unspecified atom stereocenters. The zero-order valence-corrected chi connectivity index (χ0v) is 21.6. The summed E-state index contributed by atoms with van der Waals surface area (Å²) in [6.45, 7) is 1.68. The molecule has 1 saturated heterocycles. The van der Waals surface area contributed by atoms with E-state index in [9.17, 15) is 14.7 Å². The fraction of sp³-hybridized carbons (Fsp3) is 0.370. The zero-order valence-electron chi connectivity index (χ0n) is 20.1. The van der Waals surface area contributed by atoms with E-state index in [4.69, 9.17) is 27.9 Å². The van der Waals surface area contributed by atoms with Crippen molar-refractivity contribution in [2.24, 2.45) is 13.0 Å². The normalized spacial score (nSPS) is 15.4. The van der Waals surface area contributed by atoms with Crippen molar-refractivity contribution in [2.75, 3.05) is 19.7 Å². The van der Waals surface area contributed by atoms with Gasteiger partial charge in [-0.15, -0.1) is 0 Å². The molecule has 0 saturated carbocycles. The smallest absolute Gasteiger partial charge is 0.308 e. The number of hydrogen-bond donors (Lipinski definition) is 1. The molecular weight excluding hydrogens is 501 g/mol. The molecule has 1 atom stereocenters. The first-order chi connectivity index (χ1) is 17.3. The molecule has 0 aliphatic carbocycles. The summed E-state index contributed by atoms with van der Waals surface area (Å²) in [6.07, 6.45) is 2.69. The van der Waals surface area contributed by atoms with Gasteiger partial charge in [0.15, 0.2) is 0 Å². The van der Waals surface area contributed by atoms with E-state index in [0.29, 0.717) is 59.5 Å². The van der Waals surface area contributed by atoms with Crippen molar-refractivity contribution in [1.82, 2.24) is 14.7 Å². The van der Waals surface area contributed by atoms with Gasteiger partial charge in [0.25, 0.3) is 5.91 Å². The Bertz CT molecular complexity index is 1240. The number of ether oxygens (including phenoxy) is 1. The van der Waals surface area contributed by atoms with Crippen LogP contribution in [0, 0.1) is 5.92 Å². The maximum atomic E-state index is 13.7. The van der Waals surface area contributed by atoms with Gasteiger partial charge in [0.05, 0.1) is 28.8 Å². The summed E-state index contributed by atoms with van der Waals surface area (Å²) in [4.78, 5) is 26.7. The Morgan fingerprint density at radius 2 is 1.94 bits per heavy atom. The van der Waals surface area contributed by atoms with E-state index in [0.717, 1.165) is 24.1 Å². The molecule has 0 bridgehead atoms. The molecule has 1 amide bonds. The van der Waals surface area contributed by atoms with Crippen molar-refractivity contribution in [2.45, 2.75) is 32.3 Å². The summed E-state index contributed by atoms with van der Waals surface area (Å²) in [7, 11) is 1.83. The van der Waals surface area contributed by atoms with Crippen LogP contribution in [0.2, 0.25) is 10.0 Å². The number of amides is 1. The molecule has 3 aromatic rings. The lowest BCUT2D eigenvalue weighted by molar-refractivity contribution is -0.141. The highest BCUT2D eigenvalue weighted by Gasteiger charge is 2.35. The van der Waals surface area contributed by atoms with Crippen LogP contribution in [-0.2, 0) is 29.6 Å². The molecule has 1 N–H and O–H groups in total. The van der Waals surface area contributed by atoms with Gasteiger partial charge in [-0.1, -0.05) is 53.5 Å². The minimum atomic E-state index is -0.874. The molecule has 7 nitrogen and oxygen atoms in total. The number of unbranched alkanes of at least 4 members (excludes halogenated alkanes) is 1. The molecule has 0 spiro atoms. The average Bonchev–Trinajstić information content (AvgIpc) is 3.47. The molecule has 4 rings (SSSR count). The van der Waals surface area contributed by atoms with Gasteiger partial charge in [-0.2, -0.15) is 5.10 Å². The number of aryl methyl sites for hydroxylation is 1. The van der Waals surface area contributed by atoms with E-state index >= 15 is 0 Å². The SMILES string of the molecule is Cn1nc(-c2ccccc2Cl)c(C(=O)N2CC[C@H](C(=O)O)C2)c1CCCCOCc1cccc(Cl)c1. The average molecular weight is 530 g/mol. The molecule has 190 valence electrons. The number of nitrogens with zero attached hydrogens (tertiary/aromatic N) is 3. The Kier molecular flexibility index (Phi) is 8.67. The van der Waals surface area contributed by atoms with Crippen LogP contribution in [0.15, 0.2) is 48.5 Å². The monoisotopic (exact) mass is 529 g/mol. The van der Waals surface area contributed by atoms with Gasteiger partial charge < -0.3 is 14.7 Å². The predicted molar refractivity (Wildman–Crippen MR) is 139 cm³/mol. The van der Waals surface area contributed by atoms with E-state index in [-0.39, 0.29) is 12.5 Å². The molecular formula is C27H29Cl2N3O4. The van der Waals surface area contributed by atoms with Crippen LogP contribution in [0.3, 0.4) is 0 Å². The molecule has 2 heterocycles. The quantitative estimate of drug-likeness (QED) is 0.351. The van der Waals surface area contributed by atoms with Crippen LogP contribution in [0.4, 0.5) is 0 Å². The van der Waals surface area contributed by atoms with Gasteiger partial charge in [-0.3, -0.25) is 14.3 Å². The van der Waals surface area contributed by atoms with Crippen LogP contribution in [0.25, 0.3) is 11.3 Å². The second kappa shape index (κ2) is 11.9. The van der Waals surface area contributed by atoms with Crippen molar-refractivity contribution < 1.29 is 19.4 Å². The standard InChI is InChI=1S/C27H29Cl2N3O4/c1-31-23(11-4-5-14-36-17-18-7-6-8-20(28)15-18)24(25(30-31)21-9-2-3-10-22(21)29)26(33)32-13-12-19(16-32)27(34)35/h2-3,6-10,15,19H,4-5,11-14,16-17H2,1H3,(H,34,35)/t19-/m0/s1. The van der Waals surface area contributed by atoms with Crippen molar-refractivity contribution in [3.63, 3.8) is 0 Å².